The molecular formula is C22H28N2O3. The van der Waals surface area contributed by atoms with Gasteiger partial charge >= 0.3 is 0 Å². The third-order valence-electron chi connectivity index (χ3n) is 4.79. The van der Waals surface area contributed by atoms with Gasteiger partial charge in [0.2, 0.25) is 0 Å². The van der Waals surface area contributed by atoms with Crippen LogP contribution < -0.4 is 10.1 Å². The van der Waals surface area contributed by atoms with Crippen molar-refractivity contribution in [2.45, 2.75) is 26.9 Å². The Balaban J connectivity index is 1.52. The Morgan fingerprint density at radius 1 is 1.11 bits per heavy atom. The standard InChI is InChI=1S/C22H28N2O3/c1-17-7-8-18(2)21(13-17)27-16-22(25)23-14-19-5-3-4-6-20(19)15-24-9-11-26-12-10-24/h3-8,13H,9-12,14-16H2,1-2H3,(H,23,25). The second-order valence-corrected chi connectivity index (χ2v) is 6.99. The smallest absolute Gasteiger partial charge is 0.258 e. The van der Waals surface area contributed by atoms with Crippen molar-refractivity contribution in [3.8, 4) is 5.75 Å². The Morgan fingerprint density at radius 2 is 1.85 bits per heavy atom. The zero-order chi connectivity index (χ0) is 19.1. The number of ether oxygens (including phenoxy) is 2. The molecule has 3 rings (SSSR count). The number of hydrogen-bond donors (Lipinski definition) is 1. The number of carbonyl (C=O) groups is 1. The Labute approximate surface area is 161 Å². The zero-order valence-corrected chi connectivity index (χ0v) is 16.2. The van der Waals surface area contributed by atoms with Crippen molar-refractivity contribution in [3.05, 3.63) is 64.7 Å². The quantitative estimate of drug-likeness (QED) is 0.817. The van der Waals surface area contributed by atoms with E-state index < -0.39 is 0 Å². The fourth-order valence-electron chi connectivity index (χ4n) is 3.14. The fourth-order valence-corrected chi connectivity index (χ4v) is 3.14. The highest BCUT2D eigenvalue weighted by atomic mass is 16.5. The molecule has 0 aliphatic carbocycles. The lowest BCUT2D eigenvalue weighted by atomic mass is 10.1. The topological polar surface area (TPSA) is 50.8 Å². The Hall–Kier alpha value is -2.37. The van der Waals surface area contributed by atoms with Crippen LogP contribution in [0.15, 0.2) is 42.5 Å². The van der Waals surface area contributed by atoms with Gasteiger partial charge in [0.15, 0.2) is 6.61 Å². The minimum atomic E-state index is -0.114. The first kappa shape index (κ1) is 19.4. The molecule has 1 heterocycles. The van der Waals surface area contributed by atoms with Gasteiger partial charge in [-0.25, -0.2) is 0 Å². The van der Waals surface area contributed by atoms with Gasteiger partial charge in [-0.1, -0.05) is 36.4 Å². The van der Waals surface area contributed by atoms with Crippen LogP contribution in [0, 0.1) is 13.8 Å². The lowest BCUT2D eigenvalue weighted by molar-refractivity contribution is -0.123. The number of morpholine rings is 1. The molecule has 0 atom stereocenters. The number of hydrogen-bond acceptors (Lipinski definition) is 4. The molecule has 27 heavy (non-hydrogen) atoms. The van der Waals surface area contributed by atoms with Gasteiger partial charge in [0.1, 0.15) is 5.75 Å². The molecular weight excluding hydrogens is 340 g/mol. The molecule has 2 aromatic carbocycles. The van der Waals surface area contributed by atoms with Crippen LogP contribution in [0.4, 0.5) is 0 Å². The number of nitrogens with zero attached hydrogens (tertiary/aromatic N) is 1. The molecule has 0 aromatic heterocycles. The number of benzene rings is 2. The summed E-state index contributed by atoms with van der Waals surface area (Å²) in [6.07, 6.45) is 0. The third-order valence-corrected chi connectivity index (χ3v) is 4.79. The fraction of sp³-hybridized carbons (Fsp3) is 0.409. The molecule has 2 aromatic rings. The number of aryl methyl sites for hydroxylation is 2. The summed E-state index contributed by atoms with van der Waals surface area (Å²) in [5, 5.41) is 2.97. The number of carbonyl (C=O) groups excluding carboxylic acids is 1. The second kappa shape index (κ2) is 9.53. The van der Waals surface area contributed by atoms with Crippen LogP contribution in [0.2, 0.25) is 0 Å². The van der Waals surface area contributed by atoms with E-state index >= 15 is 0 Å². The Bertz CT molecular complexity index is 770. The van der Waals surface area contributed by atoms with Crippen LogP contribution in [-0.4, -0.2) is 43.7 Å². The normalized spacial score (nSPS) is 14.7. The zero-order valence-electron chi connectivity index (χ0n) is 16.2. The highest BCUT2D eigenvalue weighted by molar-refractivity contribution is 5.77. The van der Waals surface area contributed by atoms with Crippen molar-refractivity contribution in [2.24, 2.45) is 0 Å². The summed E-state index contributed by atoms with van der Waals surface area (Å²) in [5.74, 6) is 0.648. The van der Waals surface area contributed by atoms with E-state index in [1.807, 2.05) is 44.2 Å². The van der Waals surface area contributed by atoms with Crippen molar-refractivity contribution in [1.29, 1.82) is 0 Å². The van der Waals surface area contributed by atoms with Crippen LogP contribution >= 0.6 is 0 Å². The van der Waals surface area contributed by atoms with E-state index in [1.165, 1.54) is 5.56 Å². The van der Waals surface area contributed by atoms with E-state index in [1.54, 1.807) is 0 Å². The Morgan fingerprint density at radius 3 is 2.63 bits per heavy atom. The summed E-state index contributed by atoms with van der Waals surface area (Å²) in [6, 6.07) is 14.3. The summed E-state index contributed by atoms with van der Waals surface area (Å²) in [7, 11) is 0. The van der Waals surface area contributed by atoms with E-state index in [4.69, 9.17) is 9.47 Å². The van der Waals surface area contributed by atoms with Gasteiger partial charge < -0.3 is 14.8 Å². The molecule has 5 heteroatoms. The van der Waals surface area contributed by atoms with Gasteiger partial charge in [0, 0.05) is 26.2 Å². The highest BCUT2D eigenvalue weighted by Gasteiger charge is 2.13. The maximum atomic E-state index is 12.2. The van der Waals surface area contributed by atoms with E-state index in [0.29, 0.717) is 6.54 Å². The van der Waals surface area contributed by atoms with E-state index in [2.05, 4.69) is 22.3 Å². The van der Waals surface area contributed by atoms with Gasteiger partial charge in [0.05, 0.1) is 13.2 Å². The van der Waals surface area contributed by atoms with Gasteiger partial charge in [-0.2, -0.15) is 0 Å². The van der Waals surface area contributed by atoms with Gasteiger partial charge in [-0.15, -0.1) is 0 Å². The van der Waals surface area contributed by atoms with E-state index in [0.717, 1.165) is 55.3 Å². The summed E-state index contributed by atoms with van der Waals surface area (Å²) in [6.45, 7) is 8.88. The molecule has 144 valence electrons. The molecule has 0 unspecified atom stereocenters. The monoisotopic (exact) mass is 368 g/mol. The predicted octanol–water partition coefficient (Wildman–Crippen LogP) is 2.83. The molecule has 1 amide bonds. The number of nitrogens with one attached hydrogen (secondary N) is 1. The molecule has 1 aliphatic rings. The van der Waals surface area contributed by atoms with Crippen LogP contribution in [0.3, 0.4) is 0 Å². The van der Waals surface area contributed by atoms with Crippen molar-refractivity contribution in [1.82, 2.24) is 10.2 Å². The summed E-state index contributed by atoms with van der Waals surface area (Å²) in [5.41, 5.74) is 4.54. The average molecular weight is 368 g/mol. The molecule has 1 fully saturated rings. The molecule has 5 nitrogen and oxygen atoms in total. The van der Waals surface area contributed by atoms with Gasteiger partial charge in [-0.05, 0) is 42.2 Å². The minimum Gasteiger partial charge on any atom is -0.483 e. The van der Waals surface area contributed by atoms with Gasteiger partial charge in [0.25, 0.3) is 5.91 Å². The van der Waals surface area contributed by atoms with E-state index in [-0.39, 0.29) is 12.5 Å². The molecule has 0 saturated carbocycles. The first-order chi connectivity index (χ1) is 13.1. The largest absolute Gasteiger partial charge is 0.483 e. The first-order valence-corrected chi connectivity index (χ1v) is 9.45. The SMILES string of the molecule is Cc1ccc(C)c(OCC(=O)NCc2ccccc2CN2CCOCC2)c1. The molecule has 0 bridgehead atoms. The lowest BCUT2D eigenvalue weighted by Crippen LogP contribution is -2.36. The summed E-state index contributed by atoms with van der Waals surface area (Å²) < 4.78 is 11.1. The summed E-state index contributed by atoms with van der Waals surface area (Å²) >= 11 is 0. The predicted molar refractivity (Wildman–Crippen MR) is 106 cm³/mol. The van der Waals surface area contributed by atoms with Crippen molar-refractivity contribution < 1.29 is 14.3 Å². The molecule has 0 spiro atoms. The molecule has 1 N–H and O–H groups in total. The minimum absolute atomic E-state index is 0.0237. The van der Waals surface area contributed by atoms with E-state index in [9.17, 15) is 4.79 Å². The second-order valence-electron chi connectivity index (χ2n) is 6.99. The average Bonchev–Trinajstić information content (AvgIpc) is 2.69. The Kier molecular flexibility index (Phi) is 6.85. The van der Waals surface area contributed by atoms with Crippen LogP contribution in [0.1, 0.15) is 22.3 Å². The van der Waals surface area contributed by atoms with Crippen molar-refractivity contribution in [2.75, 3.05) is 32.9 Å². The molecule has 0 radical (unpaired) electrons. The van der Waals surface area contributed by atoms with Gasteiger partial charge in [-0.3, -0.25) is 9.69 Å². The maximum absolute atomic E-state index is 12.2. The van der Waals surface area contributed by atoms with Crippen molar-refractivity contribution >= 4 is 5.91 Å². The number of amides is 1. The van der Waals surface area contributed by atoms with Crippen molar-refractivity contribution in [3.63, 3.8) is 0 Å². The van der Waals surface area contributed by atoms with Crippen LogP contribution in [0.25, 0.3) is 0 Å². The molecule has 1 saturated heterocycles. The van der Waals surface area contributed by atoms with Crippen LogP contribution in [-0.2, 0) is 22.6 Å². The molecule has 1 aliphatic heterocycles. The van der Waals surface area contributed by atoms with Crippen LogP contribution in [0.5, 0.6) is 5.75 Å². The third kappa shape index (κ3) is 5.81. The first-order valence-electron chi connectivity index (χ1n) is 9.45. The highest BCUT2D eigenvalue weighted by Crippen LogP contribution is 2.19. The maximum Gasteiger partial charge on any atom is 0.258 e. The summed E-state index contributed by atoms with van der Waals surface area (Å²) in [4.78, 5) is 14.6. The number of rotatable bonds is 7. The lowest BCUT2D eigenvalue weighted by Gasteiger charge is -2.27.